The fourth-order valence-corrected chi connectivity index (χ4v) is 1.87. The predicted molar refractivity (Wildman–Crippen MR) is 79.8 cm³/mol. The van der Waals surface area contributed by atoms with Gasteiger partial charge in [-0.2, -0.15) is 0 Å². The van der Waals surface area contributed by atoms with Gasteiger partial charge in [0.2, 0.25) is 0 Å². The monoisotopic (exact) mass is 326 g/mol. The lowest BCUT2D eigenvalue weighted by atomic mass is 10.1. The summed E-state index contributed by atoms with van der Waals surface area (Å²) in [5, 5.41) is 15.2. The smallest absolute Gasteiger partial charge is 0.319 e. The van der Waals surface area contributed by atoms with Crippen molar-refractivity contribution in [3.63, 3.8) is 0 Å². The Balaban J connectivity index is 1.86. The molecule has 2 rings (SSSR count). The zero-order valence-electron chi connectivity index (χ0n) is 11.3. The van der Waals surface area contributed by atoms with Crippen molar-refractivity contribution in [3.8, 4) is 0 Å². The highest BCUT2D eigenvalue weighted by Gasteiger charge is 2.10. The number of carbonyl (C=O) groups is 1. The summed E-state index contributed by atoms with van der Waals surface area (Å²) in [5.74, 6) is -2.05. The van der Waals surface area contributed by atoms with Crippen LogP contribution in [0.15, 0.2) is 42.5 Å². The quantitative estimate of drug-likeness (QED) is 0.805. The molecule has 0 aliphatic rings. The summed E-state index contributed by atoms with van der Waals surface area (Å²) in [6.07, 6.45) is -0.909. The molecule has 116 valence electrons. The van der Waals surface area contributed by atoms with Gasteiger partial charge in [-0.3, -0.25) is 0 Å². The lowest BCUT2D eigenvalue weighted by Gasteiger charge is -2.13. The van der Waals surface area contributed by atoms with Crippen LogP contribution in [0.25, 0.3) is 0 Å². The van der Waals surface area contributed by atoms with Gasteiger partial charge < -0.3 is 15.7 Å². The van der Waals surface area contributed by atoms with Crippen molar-refractivity contribution in [1.29, 1.82) is 0 Å². The third-order valence-electron chi connectivity index (χ3n) is 2.89. The number of hydrogen-bond donors (Lipinski definition) is 3. The van der Waals surface area contributed by atoms with E-state index >= 15 is 0 Å². The summed E-state index contributed by atoms with van der Waals surface area (Å²) >= 11 is 5.74. The topological polar surface area (TPSA) is 61.4 Å². The van der Waals surface area contributed by atoms with Crippen LogP contribution in [0.2, 0.25) is 5.02 Å². The summed E-state index contributed by atoms with van der Waals surface area (Å²) in [6.45, 7) is -0.0445. The molecule has 1 atom stereocenters. The van der Waals surface area contributed by atoms with Crippen LogP contribution in [-0.2, 0) is 0 Å². The summed E-state index contributed by atoms with van der Waals surface area (Å²) in [4.78, 5) is 11.6. The first-order valence-corrected chi connectivity index (χ1v) is 6.77. The Kier molecular flexibility index (Phi) is 5.30. The number of rotatable bonds is 4. The van der Waals surface area contributed by atoms with Gasteiger partial charge in [-0.05, 0) is 29.8 Å². The number of anilines is 1. The van der Waals surface area contributed by atoms with E-state index in [0.717, 1.165) is 12.1 Å². The third kappa shape index (κ3) is 4.41. The van der Waals surface area contributed by atoms with E-state index in [1.807, 2.05) is 0 Å². The van der Waals surface area contributed by atoms with Crippen LogP contribution in [-0.4, -0.2) is 17.7 Å². The molecule has 22 heavy (non-hydrogen) atoms. The van der Waals surface area contributed by atoms with Gasteiger partial charge >= 0.3 is 6.03 Å². The van der Waals surface area contributed by atoms with Crippen LogP contribution in [0, 0.1) is 11.6 Å². The number of benzene rings is 2. The Bertz CT molecular complexity index is 665. The van der Waals surface area contributed by atoms with E-state index in [9.17, 15) is 18.7 Å². The van der Waals surface area contributed by atoms with Gasteiger partial charge in [0.1, 0.15) is 0 Å². The van der Waals surface area contributed by atoms with Crippen molar-refractivity contribution in [2.45, 2.75) is 6.10 Å². The first-order chi connectivity index (χ1) is 10.5. The second-order valence-electron chi connectivity index (χ2n) is 4.53. The van der Waals surface area contributed by atoms with Gasteiger partial charge in [-0.1, -0.05) is 23.7 Å². The summed E-state index contributed by atoms with van der Waals surface area (Å²) in [6, 6.07) is 8.90. The Labute approximate surface area is 130 Å². The van der Waals surface area contributed by atoms with Crippen LogP contribution < -0.4 is 10.6 Å². The Morgan fingerprint density at radius 1 is 1.14 bits per heavy atom. The molecule has 0 bridgehead atoms. The maximum Gasteiger partial charge on any atom is 0.319 e. The Morgan fingerprint density at radius 2 is 1.82 bits per heavy atom. The van der Waals surface area contributed by atoms with Gasteiger partial charge in [0, 0.05) is 23.3 Å². The molecule has 0 fully saturated rings. The van der Waals surface area contributed by atoms with E-state index in [1.54, 1.807) is 24.3 Å². The predicted octanol–water partition coefficient (Wildman–Crippen LogP) is 3.47. The number of halogens is 3. The molecule has 3 N–H and O–H groups in total. The van der Waals surface area contributed by atoms with E-state index in [-0.39, 0.29) is 12.2 Å². The van der Waals surface area contributed by atoms with E-state index in [0.29, 0.717) is 10.6 Å². The fourth-order valence-electron chi connectivity index (χ4n) is 1.74. The zero-order valence-corrected chi connectivity index (χ0v) is 12.1. The standard InChI is InChI=1S/C15H13ClF2N2O2/c16-10-3-1-9(2-4-10)14(21)8-19-15(22)20-11-5-6-12(17)13(18)7-11/h1-7,14,21H,8H2,(H2,19,20,22). The van der Waals surface area contributed by atoms with E-state index in [2.05, 4.69) is 10.6 Å². The molecule has 2 aromatic carbocycles. The minimum absolute atomic E-state index is 0.0445. The van der Waals surface area contributed by atoms with Crippen LogP contribution in [0.1, 0.15) is 11.7 Å². The van der Waals surface area contributed by atoms with Crippen LogP contribution in [0.3, 0.4) is 0 Å². The number of aliphatic hydroxyl groups is 1. The second kappa shape index (κ2) is 7.20. The number of urea groups is 1. The molecule has 0 radical (unpaired) electrons. The molecular weight excluding hydrogens is 314 g/mol. The van der Waals surface area contributed by atoms with E-state index in [1.165, 1.54) is 6.07 Å². The van der Waals surface area contributed by atoms with Crippen molar-refractivity contribution in [1.82, 2.24) is 5.32 Å². The maximum atomic E-state index is 13.0. The molecule has 0 heterocycles. The summed E-state index contributed by atoms with van der Waals surface area (Å²) in [7, 11) is 0. The molecule has 0 aliphatic carbocycles. The van der Waals surface area contributed by atoms with Crippen LogP contribution >= 0.6 is 11.6 Å². The van der Waals surface area contributed by atoms with Gasteiger partial charge in [-0.15, -0.1) is 0 Å². The zero-order chi connectivity index (χ0) is 16.1. The number of aliphatic hydroxyl groups excluding tert-OH is 1. The van der Waals surface area contributed by atoms with Gasteiger partial charge in [0.15, 0.2) is 11.6 Å². The van der Waals surface area contributed by atoms with Crippen molar-refractivity contribution in [2.75, 3.05) is 11.9 Å². The lowest BCUT2D eigenvalue weighted by Crippen LogP contribution is -2.32. The highest BCUT2D eigenvalue weighted by Crippen LogP contribution is 2.16. The molecule has 2 amide bonds. The lowest BCUT2D eigenvalue weighted by molar-refractivity contribution is 0.175. The maximum absolute atomic E-state index is 13.0. The molecule has 0 spiro atoms. The first kappa shape index (κ1) is 16.2. The minimum atomic E-state index is -1.06. The molecule has 2 aromatic rings. The van der Waals surface area contributed by atoms with Gasteiger partial charge in [0.25, 0.3) is 0 Å². The van der Waals surface area contributed by atoms with Crippen molar-refractivity contribution in [2.24, 2.45) is 0 Å². The van der Waals surface area contributed by atoms with E-state index in [4.69, 9.17) is 11.6 Å². The average Bonchev–Trinajstić information content (AvgIpc) is 2.49. The number of carbonyl (C=O) groups excluding carboxylic acids is 1. The van der Waals surface area contributed by atoms with Gasteiger partial charge in [-0.25, -0.2) is 13.6 Å². The summed E-state index contributed by atoms with van der Waals surface area (Å²) in [5.41, 5.74) is 0.704. The van der Waals surface area contributed by atoms with E-state index < -0.39 is 23.8 Å². The highest BCUT2D eigenvalue weighted by atomic mass is 35.5. The van der Waals surface area contributed by atoms with Crippen LogP contribution in [0.4, 0.5) is 19.3 Å². The number of hydrogen-bond acceptors (Lipinski definition) is 2. The highest BCUT2D eigenvalue weighted by molar-refractivity contribution is 6.30. The molecule has 0 saturated heterocycles. The minimum Gasteiger partial charge on any atom is -0.387 e. The molecule has 0 saturated carbocycles. The molecule has 0 aromatic heterocycles. The van der Waals surface area contributed by atoms with Crippen LogP contribution in [0.5, 0.6) is 0 Å². The third-order valence-corrected chi connectivity index (χ3v) is 3.14. The molecule has 4 nitrogen and oxygen atoms in total. The summed E-state index contributed by atoms with van der Waals surface area (Å²) < 4.78 is 25.8. The molecule has 1 unspecified atom stereocenters. The van der Waals surface area contributed by atoms with Crippen molar-refractivity contribution in [3.05, 3.63) is 64.7 Å². The average molecular weight is 327 g/mol. The SMILES string of the molecule is O=C(NCC(O)c1ccc(Cl)cc1)Nc1ccc(F)c(F)c1. The molecule has 0 aliphatic heterocycles. The van der Waals surface area contributed by atoms with Crippen molar-refractivity contribution >= 4 is 23.3 Å². The Morgan fingerprint density at radius 3 is 2.45 bits per heavy atom. The fraction of sp³-hybridized carbons (Fsp3) is 0.133. The normalized spacial score (nSPS) is 11.8. The molecule has 7 heteroatoms. The number of nitrogens with one attached hydrogen (secondary N) is 2. The first-order valence-electron chi connectivity index (χ1n) is 6.39. The largest absolute Gasteiger partial charge is 0.387 e. The second-order valence-corrected chi connectivity index (χ2v) is 4.97. The van der Waals surface area contributed by atoms with Crippen molar-refractivity contribution < 1.29 is 18.7 Å². The Hall–Kier alpha value is -2.18. The number of amides is 2. The van der Waals surface area contributed by atoms with Gasteiger partial charge in [0.05, 0.1) is 6.10 Å². The molecular formula is C15H13ClF2N2O2.